The van der Waals surface area contributed by atoms with Gasteiger partial charge >= 0.3 is 21.7 Å². The minimum atomic E-state index is 0. The Bertz CT molecular complexity index is 244. The largest absolute Gasteiger partial charge is 3.00 e. The average Bonchev–Trinajstić information content (AvgIpc) is 2.54. The van der Waals surface area contributed by atoms with Gasteiger partial charge in [0.15, 0.2) is 0 Å². The Labute approximate surface area is 128 Å². The van der Waals surface area contributed by atoms with E-state index in [1.807, 2.05) is 0 Å². The molecule has 16 heavy (non-hydrogen) atoms. The summed E-state index contributed by atoms with van der Waals surface area (Å²) in [5, 5.41) is 0. The zero-order chi connectivity index (χ0) is 9.84. The van der Waals surface area contributed by atoms with Gasteiger partial charge in [0.05, 0.1) is 0 Å². The Hall–Kier alpha value is 0.774. The van der Waals surface area contributed by atoms with Crippen molar-refractivity contribution in [2.24, 2.45) is 5.92 Å². The van der Waals surface area contributed by atoms with Gasteiger partial charge in [0.1, 0.15) is 0 Å². The summed E-state index contributed by atoms with van der Waals surface area (Å²) in [6.07, 6.45) is 8.41. The maximum absolute atomic E-state index is 3.63. The van der Waals surface area contributed by atoms with E-state index in [0.717, 1.165) is 6.42 Å². The predicted molar refractivity (Wildman–Crippen MR) is 58.4 cm³/mol. The first-order chi connectivity index (χ1) is 6.28. The summed E-state index contributed by atoms with van der Waals surface area (Å²) in [5.41, 5.74) is 4.75. The number of hydrogen-bond acceptors (Lipinski definition) is 0. The van der Waals surface area contributed by atoms with E-state index in [2.05, 4.69) is 33.8 Å². The third kappa shape index (κ3) is 4.57. The van der Waals surface area contributed by atoms with Gasteiger partial charge < -0.3 is 24.8 Å². The number of hydrogen-bond donors (Lipinski definition) is 0. The van der Waals surface area contributed by atoms with Crippen LogP contribution in [0, 0.1) is 12.0 Å². The van der Waals surface area contributed by atoms with Crippen molar-refractivity contribution in [1.29, 1.82) is 0 Å². The Kier molecular flexibility index (Phi) is 15.0. The van der Waals surface area contributed by atoms with E-state index in [9.17, 15) is 0 Å². The second kappa shape index (κ2) is 10.9. The molecule has 1 rings (SSSR count). The first kappa shape index (κ1) is 22.0. The normalized spacial score (nSPS) is 18.2. The average molecular weight is 296 g/mol. The van der Waals surface area contributed by atoms with E-state index < -0.39 is 0 Å². The molecule has 0 amide bonds. The summed E-state index contributed by atoms with van der Waals surface area (Å²) in [4.78, 5) is 0. The smallest absolute Gasteiger partial charge is 1.00 e. The molecule has 0 bridgehead atoms. The second-order valence-corrected chi connectivity index (χ2v) is 3.65. The molecule has 3 heteroatoms. The van der Waals surface area contributed by atoms with Gasteiger partial charge in [0, 0.05) is 0 Å². The van der Waals surface area contributed by atoms with Crippen molar-refractivity contribution < 1.29 is 46.5 Å². The fourth-order valence-electron chi connectivity index (χ4n) is 2.35. The van der Waals surface area contributed by atoms with Crippen LogP contribution in [0.25, 0.3) is 0 Å². The molecule has 0 aromatic carbocycles. The van der Waals surface area contributed by atoms with Crippen LogP contribution in [0.2, 0.25) is 0 Å². The molecule has 0 nitrogen and oxygen atoms in total. The second-order valence-electron chi connectivity index (χ2n) is 3.65. The van der Waals surface area contributed by atoms with Gasteiger partial charge in [-0.15, -0.1) is 0 Å². The minimum absolute atomic E-state index is 0. The molecule has 0 heterocycles. The Balaban J connectivity index is -0.000000563. The first-order valence-corrected chi connectivity index (χ1v) is 5.62. The van der Waals surface area contributed by atoms with Crippen molar-refractivity contribution in [3.8, 4) is 0 Å². The van der Waals surface area contributed by atoms with Crippen molar-refractivity contribution in [2.45, 2.75) is 53.4 Å². The first-order valence-electron chi connectivity index (χ1n) is 5.62. The van der Waals surface area contributed by atoms with Gasteiger partial charge in [0.25, 0.3) is 0 Å². The maximum atomic E-state index is 3.63. The summed E-state index contributed by atoms with van der Waals surface area (Å²) in [6, 6.07) is 0. The molecular weight excluding hydrogens is 275 g/mol. The van der Waals surface area contributed by atoms with Crippen LogP contribution >= 0.6 is 0 Å². The molecule has 0 fully saturated rings. The van der Waals surface area contributed by atoms with E-state index in [-0.39, 0.29) is 46.5 Å². The summed E-state index contributed by atoms with van der Waals surface area (Å²) >= 11 is 0. The zero-order valence-corrected chi connectivity index (χ0v) is 13.7. The van der Waals surface area contributed by atoms with Crippen molar-refractivity contribution in [1.82, 2.24) is 0 Å². The number of rotatable bonds is 4. The van der Waals surface area contributed by atoms with Crippen LogP contribution in [-0.4, -0.2) is 0 Å². The topological polar surface area (TPSA) is 0 Å². The van der Waals surface area contributed by atoms with Crippen LogP contribution in [0.15, 0.2) is 16.7 Å². The monoisotopic (exact) mass is 295 g/mol. The predicted octanol–water partition coefficient (Wildman–Crippen LogP) is -1.71. The molecule has 0 spiro atoms. The summed E-state index contributed by atoms with van der Waals surface area (Å²) in [7, 11) is 0. The van der Waals surface area contributed by atoms with Crippen LogP contribution in [-0.2, 0) is 21.7 Å². The quantitative estimate of drug-likeness (QED) is 0.428. The summed E-state index contributed by atoms with van der Waals surface area (Å²) < 4.78 is 0. The molecule has 0 aromatic rings. The van der Waals surface area contributed by atoms with Crippen molar-refractivity contribution in [3.63, 3.8) is 0 Å². The summed E-state index contributed by atoms with van der Waals surface area (Å²) in [5.74, 6) is 0.634. The van der Waals surface area contributed by atoms with E-state index >= 15 is 0 Å². The van der Waals surface area contributed by atoms with Gasteiger partial charge in [-0.05, 0) is 0 Å². The molecule has 0 saturated carbocycles. The molecule has 1 unspecified atom stereocenters. The van der Waals surface area contributed by atoms with Crippen LogP contribution in [0.4, 0.5) is 0 Å². The third-order valence-corrected chi connectivity index (χ3v) is 3.02. The molecule has 1 aliphatic rings. The molecule has 0 aromatic heterocycles. The number of halogens is 2. The molecule has 0 saturated heterocycles. The fourth-order valence-corrected chi connectivity index (χ4v) is 2.35. The van der Waals surface area contributed by atoms with Crippen molar-refractivity contribution in [2.75, 3.05) is 0 Å². The molecule has 1 radical (unpaired) electrons. The van der Waals surface area contributed by atoms with Crippen LogP contribution in [0.1, 0.15) is 53.4 Å². The van der Waals surface area contributed by atoms with E-state index in [0.29, 0.717) is 5.92 Å². The fraction of sp³-hybridized carbons (Fsp3) is 0.692. The zero-order valence-electron chi connectivity index (χ0n) is 10.7. The molecule has 0 N–H and O–H groups in total. The Morgan fingerprint density at radius 2 is 1.50 bits per heavy atom. The standard InChI is InChI=1S/C13H21.2ClH.Ti/c1-5-10-9-11(6-2)13(8-4)12(10)7-3;;;/h10H,5-8H2,1-4H3;2*1H;/q-1;;;+3/p-2. The third-order valence-electron chi connectivity index (χ3n) is 3.02. The van der Waals surface area contributed by atoms with Gasteiger partial charge in [-0.3, -0.25) is 6.08 Å². The molecule has 91 valence electrons. The number of allylic oxidation sites excluding steroid dienone is 4. The Morgan fingerprint density at radius 1 is 0.938 bits per heavy atom. The van der Waals surface area contributed by atoms with E-state index in [1.54, 1.807) is 11.1 Å². The van der Waals surface area contributed by atoms with Crippen LogP contribution in [0.5, 0.6) is 0 Å². The van der Waals surface area contributed by atoms with Gasteiger partial charge in [-0.1, -0.05) is 59.3 Å². The minimum Gasteiger partial charge on any atom is -1.00 e. The van der Waals surface area contributed by atoms with Gasteiger partial charge in [0.2, 0.25) is 0 Å². The Morgan fingerprint density at radius 3 is 1.81 bits per heavy atom. The van der Waals surface area contributed by atoms with E-state index in [4.69, 9.17) is 0 Å². The van der Waals surface area contributed by atoms with Crippen molar-refractivity contribution >= 4 is 0 Å². The van der Waals surface area contributed by atoms with Crippen molar-refractivity contribution in [3.05, 3.63) is 22.8 Å². The molecule has 1 atom stereocenters. The van der Waals surface area contributed by atoms with Crippen LogP contribution < -0.4 is 24.8 Å². The summed E-state index contributed by atoms with van der Waals surface area (Å²) in [6.45, 7) is 9.04. The van der Waals surface area contributed by atoms with Gasteiger partial charge in [-0.2, -0.15) is 11.1 Å². The SMILES string of the molecule is CCC1=[C-]C(CC)C(CC)=C1CC.[Cl-].[Cl-].[Ti+3]. The van der Waals surface area contributed by atoms with Crippen LogP contribution in [0.3, 0.4) is 0 Å². The molecule has 0 aliphatic heterocycles. The maximum Gasteiger partial charge on any atom is 3.00 e. The molecule has 1 aliphatic carbocycles. The van der Waals surface area contributed by atoms with E-state index in [1.165, 1.54) is 24.8 Å². The molecular formula is C13H21Cl2Ti. The van der Waals surface area contributed by atoms with Gasteiger partial charge in [-0.25, -0.2) is 5.57 Å².